The first-order chi connectivity index (χ1) is 16.1. The number of rotatable bonds is 7. The quantitative estimate of drug-likeness (QED) is 0.438. The van der Waals surface area contributed by atoms with Crippen LogP contribution in [0.1, 0.15) is 55.7 Å². The molecule has 184 valence electrons. The molecular formula is C26H34FN3O4. The summed E-state index contributed by atoms with van der Waals surface area (Å²) in [5.41, 5.74) is 3.42. The van der Waals surface area contributed by atoms with Crippen molar-refractivity contribution in [1.29, 1.82) is 0 Å². The Bertz CT molecular complexity index is 977. The van der Waals surface area contributed by atoms with Gasteiger partial charge in [-0.05, 0) is 61.8 Å². The zero-order chi connectivity index (χ0) is 24.9. The fraction of sp³-hybridized carbons (Fsp3) is 0.500. The van der Waals surface area contributed by atoms with Crippen LogP contribution >= 0.6 is 0 Å². The standard InChI is InChI=1S/C26H34FN3O4/c1-4-18-14-16(2)21(17(3)15-18)29-25(34)30-26(27)13-9-8-12-20(26)23(31)28-22(24(32)33)19-10-6-5-7-11-19/h8-9,12-15,19-20,22H,4-7,10-11H2,1-3H3,(H,28,31)(H,32,33)(H2,29,30,34)/t20?,22-,26?/m0/s1. The molecule has 1 aromatic carbocycles. The lowest BCUT2D eigenvalue weighted by Gasteiger charge is -2.33. The molecule has 0 heterocycles. The lowest BCUT2D eigenvalue weighted by atomic mass is 9.83. The highest BCUT2D eigenvalue weighted by atomic mass is 19.1. The Balaban J connectivity index is 1.73. The topological polar surface area (TPSA) is 108 Å². The van der Waals surface area contributed by atoms with Crippen LogP contribution in [0.5, 0.6) is 0 Å². The fourth-order valence-electron chi connectivity index (χ4n) is 4.88. The van der Waals surface area contributed by atoms with E-state index in [1.54, 1.807) is 0 Å². The number of carbonyl (C=O) groups is 3. The second kappa shape index (κ2) is 10.8. The zero-order valence-electron chi connectivity index (χ0n) is 20.0. The number of urea groups is 1. The van der Waals surface area contributed by atoms with E-state index in [0.29, 0.717) is 18.5 Å². The third-order valence-corrected chi connectivity index (χ3v) is 6.72. The molecule has 8 heteroatoms. The number of carboxylic acid groups (broad SMARTS) is 1. The van der Waals surface area contributed by atoms with Gasteiger partial charge in [-0.1, -0.05) is 56.5 Å². The van der Waals surface area contributed by atoms with Gasteiger partial charge in [-0.2, -0.15) is 0 Å². The van der Waals surface area contributed by atoms with Gasteiger partial charge in [0.15, 0.2) is 0 Å². The van der Waals surface area contributed by atoms with E-state index in [2.05, 4.69) is 16.0 Å². The first kappa shape index (κ1) is 25.5. The Labute approximate surface area is 199 Å². The molecular weight excluding hydrogens is 437 g/mol. The van der Waals surface area contributed by atoms with Gasteiger partial charge in [0, 0.05) is 5.69 Å². The van der Waals surface area contributed by atoms with E-state index < -0.39 is 35.7 Å². The molecule has 7 nitrogen and oxygen atoms in total. The monoisotopic (exact) mass is 471 g/mol. The first-order valence-corrected chi connectivity index (χ1v) is 11.9. The predicted octanol–water partition coefficient (Wildman–Crippen LogP) is 4.55. The molecule has 1 aromatic rings. The Morgan fingerprint density at radius 2 is 1.76 bits per heavy atom. The number of benzene rings is 1. The van der Waals surface area contributed by atoms with Crippen LogP contribution in [0.3, 0.4) is 0 Å². The molecule has 34 heavy (non-hydrogen) atoms. The van der Waals surface area contributed by atoms with E-state index in [0.717, 1.165) is 48.4 Å². The number of hydrogen-bond donors (Lipinski definition) is 4. The van der Waals surface area contributed by atoms with E-state index in [4.69, 9.17) is 0 Å². The third kappa shape index (κ3) is 5.85. The second-order valence-corrected chi connectivity index (χ2v) is 9.25. The van der Waals surface area contributed by atoms with Crippen LogP contribution in [0.15, 0.2) is 36.4 Å². The minimum Gasteiger partial charge on any atom is -0.480 e. The van der Waals surface area contributed by atoms with Crippen LogP contribution in [-0.4, -0.2) is 34.8 Å². The van der Waals surface area contributed by atoms with Gasteiger partial charge in [0.25, 0.3) is 0 Å². The van der Waals surface area contributed by atoms with Gasteiger partial charge in [0.05, 0.1) is 0 Å². The van der Waals surface area contributed by atoms with Gasteiger partial charge in [0.2, 0.25) is 11.7 Å². The molecule has 1 fully saturated rings. The Kier molecular flexibility index (Phi) is 8.12. The summed E-state index contributed by atoms with van der Waals surface area (Å²) in [6.07, 6.45) is 10.5. The van der Waals surface area contributed by atoms with Crippen LogP contribution in [-0.2, 0) is 16.0 Å². The first-order valence-electron chi connectivity index (χ1n) is 11.9. The molecule has 4 N–H and O–H groups in total. The van der Waals surface area contributed by atoms with E-state index in [1.807, 2.05) is 32.9 Å². The molecule has 0 bridgehead atoms. The van der Waals surface area contributed by atoms with Crippen molar-refractivity contribution in [3.8, 4) is 0 Å². The highest BCUT2D eigenvalue weighted by molar-refractivity contribution is 5.93. The van der Waals surface area contributed by atoms with Crippen molar-refractivity contribution in [1.82, 2.24) is 10.6 Å². The largest absolute Gasteiger partial charge is 0.480 e. The molecule has 2 aliphatic rings. The normalized spacial score (nSPS) is 23.2. The average molecular weight is 472 g/mol. The highest BCUT2D eigenvalue weighted by Crippen LogP contribution is 2.30. The van der Waals surface area contributed by atoms with E-state index in [1.165, 1.54) is 18.2 Å². The Morgan fingerprint density at radius 1 is 1.12 bits per heavy atom. The van der Waals surface area contributed by atoms with E-state index in [9.17, 15) is 19.5 Å². The van der Waals surface area contributed by atoms with E-state index >= 15 is 4.39 Å². The number of amides is 3. The summed E-state index contributed by atoms with van der Waals surface area (Å²) >= 11 is 0. The average Bonchev–Trinajstić information content (AvgIpc) is 2.79. The minimum absolute atomic E-state index is 0.194. The van der Waals surface area contributed by atoms with Crippen molar-refractivity contribution in [2.24, 2.45) is 11.8 Å². The number of carboxylic acids is 1. The summed E-state index contributed by atoms with van der Waals surface area (Å²) in [6.45, 7) is 5.77. The molecule has 0 radical (unpaired) electrons. The molecule has 2 unspecified atom stereocenters. The van der Waals surface area contributed by atoms with Gasteiger partial charge in [0.1, 0.15) is 12.0 Å². The van der Waals surface area contributed by atoms with Crippen molar-refractivity contribution in [2.75, 3.05) is 5.32 Å². The summed E-state index contributed by atoms with van der Waals surface area (Å²) in [4.78, 5) is 37.6. The number of aryl methyl sites for hydroxylation is 3. The summed E-state index contributed by atoms with van der Waals surface area (Å²) < 4.78 is 15.9. The summed E-state index contributed by atoms with van der Waals surface area (Å²) in [6, 6.07) is 2.04. The van der Waals surface area contributed by atoms with Crippen LogP contribution in [0.25, 0.3) is 0 Å². The Hall–Kier alpha value is -3.16. The number of alkyl halides is 1. The zero-order valence-corrected chi connectivity index (χ0v) is 20.0. The van der Waals surface area contributed by atoms with Gasteiger partial charge < -0.3 is 21.1 Å². The maximum atomic E-state index is 15.9. The SMILES string of the molecule is CCc1cc(C)c(NC(=O)NC2(F)C=CC=CC2C(=O)N[C@H](C(=O)O)C2CCCCC2)c(C)c1. The van der Waals surface area contributed by atoms with Crippen LogP contribution in [0, 0.1) is 25.7 Å². The molecule has 0 saturated heterocycles. The van der Waals surface area contributed by atoms with Gasteiger partial charge in [-0.3, -0.25) is 4.79 Å². The number of halogens is 1. The van der Waals surface area contributed by atoms with Crippen molar-refractivity contribution in [3.05, 3.63) is 53.1 Å². The van der Waals surface area contributed by atoms with E-state index in [-0.39, 0.29) is 5.92 Å². The lowest BCUT2D eigenvalue weighted by Crippen LogP contribution is -2.57. The van der Waals surface area contributed by atoms with Crippen molar-refractivity contribution < 1.29 is 23.9 Å². The van der Waals surface area contributed by atoms with Gasteiger partial charge >= 0.3 is 12.0 Å². The Morgan fingerprint density at radius 3 is 2.35 bits per heavy atom. The number of hydrogen-bond acceptors (Lipinski definition) is 3. The maximum Gasteiger partial charge on any atom is 0.326 e. The maximum absolute atomic E-state index is 15.9. The van der Waals surface area contributed by atoms with Gasteiger partial charge in [-0.25, -0.2) is 14.0 Å². The molecule has 0 spiro atoms. The number of nitrogens with one attached hydrogen (secondary N) is 3. The number of allylic oxidation sites excluding steroid dienone is 2. The van der Waals surface area contributed by atoms with Crippen molar-refractivity contribution in [3.63, 3.8) is 0 Å². The summed E-state index contributed by atoms with van der Waals surface area (Å²) in [7, 11) is 0. The second-order valence-electron chi connectivity index (χ2n) is 9.25. The lowest BCUT2D eigenvalue weighted by molar-refractivity contribution is -0.145. The fourth-order valence-corrected chi connectivity index (χ4v) is 4.88. The predicted molar refractivity (Wildman–Crippen MR) is 129 cm³/mol. The molecule has 0 aromatic heterocycles. The minimum atomic E-state index is -2.51. The smallest absolute Gasteiger partial charge is 0.326 e. The number of carbonyl (C=O) groups excluding carboxylic acids is 2. The van der Waals surface area contributed by atoms with Crippen molar-refractivity contribution >= 4 is 23.6 Å². The summed E-state index contributed by atoms with van der Waals surface area (Å²) in [5, 5.41) is 17.2. The molecule has 0 aliphatic heterocycles. The number of anilines is 1. The van der Waals surface area contributed by atoms with Crippen LogP contribution < -0.4 is 16.0 Å². The molecule has 3 rings (SSSR count). The number of aliphatic carboxylic acids is 1. The highest BCUT2D eigenvalue weighted by Gasteiger charge is 2.44. The van der Waals surface area contributed by atoms with Crippen molar-refractivity contribution in [2.45, 2.75) is 71.1 Å². The molecule has 1 saturated carbocycles. The van der Waals surface area contributed by atoms with Gasteiger partial charge in [-0.15, -0.1) is 0 Å². The molecule has 2 aliphatic carbocycles. The third-order valence-electron chi connectivity index (χ3n) is 6.72. The molecule has 3 amide bonds. The molecule has 3 atom stereocenters. The van der Waals surface area contributed by atoms with Crippen LogP contribution in [0.2, 0.25) is 0 Å². The summed E-state index contributed by atoms with van der Waals surface area (Å²) in [5.74, 6) is -6.02. The van der Waals surface area contributed by atoms with Crippen LogP contribution in [0.4, 0.5) is 14.9 Å².